The molecule has 2 saturated heterocycles. The van der Waals surface area contributed by atoms with E-state index in [0.29, 0.717) is 45.2 Å². The highest BCUT2D eigenvalue weighted by Gasteiger charge is 2.38. The molecule has 10 nitrogen and oxygen atoms in total. The smallest absolute Gasteiger partial charge is 0.475 e. The van der Waals surface area contributed by atoms with Gasteiger partial charge >= 0.3 is 12.1 Å². The second-order valence-corrected chi connectivity index (χ2v) is 11.2. The largest absolute Gasteiger partial charge is 0.490 e. The van der Waals surface area contributed by atoms with Gasteiger partial charge in [-0.15, -0.1) is 0 Å². The van der Waals surface area contributed by atoms with E-state index < -0.39 is 22.2 Å². The van der Waals surface area contributed by atoms with Gasteiger partial charge < -0.3 is 20.1 Å². The number of rotatable bonds is 9. The Labute approximate surface area is 221 Å². The zero-order valence-electron chi connectivity index (χ0n) is 21.7. The van der Waals surface area contributed by atoms with Gasteiger partial charge in [0.15, 0.2) is 0 Å². The molecule has 0 aliphatic carbocycles. The molecule has 0 bridgehead atoms. The third-order valence-electron chi connectivity index (χ3n) is 6.19. The number of amides is 1. The number of nitrogens with zero attached hydrogens (tertiary/aromatic N) is 3. The predicted molar refractivity (Wildman–Crippen MR) is 134 cm³/mol. The van der Waals surface area contributed by atoms with Crippen LogP contribution in [-0.4, -0.2) is 118 Å². The van der Waals surface area contributed by atoms with Crippen LogP contribution in [0.15, 0.2) is 29.2 Å². The monoisotopic (exact) mass is 566 g/mol. The van der Waals surface area contributed by atoms with Crippen molar-refractivity contribution in [2.45, 2.75) is 37.3 Å². The molecular weight excluding hydrogens is 529 g/mol. The number of hydrogen-bond donors (Lipinski definition) is 2. The summed E-state index contributed by atoms with van der Waals surface area (Å²) in [6.07, 6.45) is -4.40. The van der Waals surface area contributed by atoms with Crippen molar-refractivity contribution in [3.63, 3.8) is 0 Å². The molecule has 216 valence electrons. The van der Waals surface area contributed by atoms with E-state index in [9.17, 15) is 26.4 Å². The zero-order valence-corrected chi connectivity index (χ0v) is 22.6. The molecule has 2 N–H and O–H groups in total. The van der Waals surface area contributed by atoms with Crippen molar-refractivity contribution in [2.24, 2.45) is 0 Å². The lowest BCUT2D eigenvalue weighted by atomic mass is 10.0. The lowest BCUT2D eigenvalue weighted by Gasteiger charge is -2.31. The molecule has 1 amide bonds. The number of benzene rings is 1. The summed E-state index contributed by atoms with van der Waals surface area (Å²) in [4.78, 5) is 26.0. The zero-order chi connectivity index (χ0) is 28.3. The maximum atomic E-state index is 13.4. The van der Waals surface area contributed by atoms with Gasteiger partial charge in [-0.3, -0.25) is 9.69 Å². The van der Waals surface area contributed by atoms with Crippen molar-refractivity contribution in [1.82, 2.24) is 19.4 Å². The Balaban J connectivity index is 0.000000638. The van der Waals surface area contributed by atoms with Gasteiger partial charge in [-0.05, 0) is 36.6 Å². The first-order chi connectivity index (χ1) is 17.8. The number of halogens is 3. The Morgan fingerprint density at radius 2 is 1.63 bits per heavy atom. The van der Waals surface area contributed by atoms with Gasteiger partial charge in [-0.1, -0.05) is 26.0 Å². The Hall–Kier alpha value is -2.26. The van der Waals surface area contributed by atoms with Crippen LogP contribution in [0.2, 0.25) is 0 Å². The highest BCUT2D eigenvalue weighted by molar-refractivity contribution is 7.89. The van der Waals surface area contributed by atoms with Crippen molar-refractivity contribution in [1.29, 1.82) is 0 Å². The lowest BCUT2D eigenvalue weighted by Crippen LogP contribution is -2.50. The molecule has 0 aromatic heterocycles. The highest BCUT2D eigenvalue weighted by Crippen LogP contribution is 2.21. The number of carboxylic acids is 1. The maximum absolute atomic E-state index is 13.4. The number of carbonyl (C=O) groups excluding carboxylic acids is 1. The number of carboxylic acid groups (broad SMARTS) is 1. The number of aliphatic carboxylic acids is 1. The van der Waals surface area contributed by atoms with E-state index in [0.717, 1.165) is 38.3 Å². The Morgan fingerprint density at radius 1 is 1.08 bits per heavy atom. The summed E-state index contributed by atoms with van der Waals surface area (Å²) in [5, 5.41) is 10.3. The molecule has 2 aliphatic heterocycles. The molecule has 14 heteroatoms. The van der Waals surface area contributed by atoms with Gasteiger partial charge in [0, 0.05) is 45.8 Å². The molecule has 0 spiro atoms. The maximum Gasteiger partial charge on any atom is 0.490 e. The van der Waals surface area contributed by atoms with Crippen LogP contribution in [0.25, 0.3) is 0 Å². The average molecular weight is 567 g/mol. The molecule has 2 fully saturated rings. The number of piperazine rings is 1. The Bertz CT molecular complexity index is 993. The molecule has 0 unspecified atom stereocenters. The second-order valence-electron chi connectivity index (χ2n) is 9.30. The quantitative estimate of drug-likeness (QED) is 0.463. The van der Waals surface area contributed by atoms with E-state index in [1.807, 2.05) is 12.1 Å². The summed E-state index contributed by atoms with van der Waals surface area (Å²) in [5.74, 6) is -2.56. The van der Waals surface area contributed by atoms with Crippen LogP contribution in [0, 0.1) is 0 Å². The fourth-order valence-electron chi connectivity index (χ4n) is 3.92. The van der Waals surface area contributed by atoms with Gasteiger partial charge in [0.05, 0.1) is 24.7 Å². The van der Waals surface area contributed by atoms with Crippen molar-refractivity contribution in [2.75, 3.05) is 72.1 Å². The number of hydrogen-bond acceptors (Lipinski definition) is 7. The SMILES string of the molecule is CC(C)c1ccc(S(=O)(=O)N(CCCN2CCOCC2)CC(=O)N2CCNCC2)cc1.O=C(O)C(F)(F)F. The summed E-state index contributed by atoms with van der Waals surface area (Å²) in [6.45, 7) is 11.0. The predicted octanol–water partition coefficient (Wildman–Crippen LogP) is 1.59. The lowest BCUT2D eigenvalue weighted by molar-refractivity contribution is -0.192. The van der Waals surface area contributed by atoms with Crippen LogP contribution in [-0.2, 0) is 24.3 Å². The van der Waals surface area contributed by atoms with Gasteiger partial charge in [-0.2, -0.15) is 17.5 Å². The standard InChI is InChI=1S/C22H36N4O4S.C2HF3O2/c1-19(2)20-4-6-21(7-5-20)31(28,29)26(11-3-10-24-14-16-30-17-15-24)18-22(27)25-12-8-23-9-13-25;3-2(4,5)1(6)7/h4-7,19,23H,3,8-18H2,1-2H3;(H,6,7). The molecule has 0 saturated carbocycles. The molecule has 0 radical (unpaired) electrons. The van der Waals surface area contributed by atoms with Crippen LogP contribution in [0.5, 0.6) is 0 Å². The van der Waals surface area contributed by atoms with Crippen molar-refractivity contribution < 1.29 is 41.0 Å². The first-order valence-electron chi connectivity index (χ1n) is 12.5. The molecule has 2 aliphatic rings. The fourth-order valence-corrected chi connectivity index (χ4v) is 5.35. The van der Waals surface area contributed by atoms with Crippen LogP contribution in [0.4, 0.5) is 13.2 Å². The van der Waals surface area contributed by atoms with Crippen LogP contribution >= 0.6 is 0 Å². The van der Waals surface area contributed by atoms with Gasteiger partial charge in [0.25, 0.3) is 0 Å². The van der Waals surface area contributed by atoms with Gasteiger partial charge in [0.1, 0.15) is 0 Å². The summed E-state index contributed by atoms with van der Waals surface area (Å²) in [6, 6.07) is 7.05. The van der Waals surface area contributed by atoms with Crippen molar-refractivity contribution in [3.05, 3.63) is 29.8 Å². The second kappa shape index (κ2) is 14.8. The molecule has 1 aromatic rings. The molecule has 38 heavy (non-hydrogen) atoms. The molecule has 3 rings (SSSR count). The number of alkyl halides is 3. The number of morpholine rings is 1. The number of carbonyl (C=O) groups is 2. The van der Waals surface area contributed by atoms with Crippen molar-refractivity contribution >= 4 is 21.9 Å². The summed E-state index contributed by atoms with van der Waals surface area (Å²) < 4.78 is 65.3. The topological polar surface area (TPSA) is 119 Å². The minimum absolute atomic E-state index is 0.114. The van der Waals surface area contributed by atoms with E-state index in [-0.39, 0.29) is 17.3 Å². The summed E-state index contributed by atoms with van der Waals surface area (Å²) in [7, 11) is -3.75. The van der Waals surface area contributed by atoms with E-state index in [4.69, 9.17) is 14.6 Å². The van der Waals surface area contributed by atoms with Crippen LogP contribution < -0.4 is 5.32 Å². The van der Waals surface area contributed by atoms with Crippen molar-refractivity contribution in [3.8, 4) is 0 Å². The minimum atomic E-state index is -5.08. The van der Waals surface area contributed by atoms with Crippen LogP contribution in [0.3, 0.4) is 0 Å². The third kappa shape index (κ3) is 10.1. The highest BCUT2D eigenvalue weighted by atomic mass is 32.2. The number of nitrogens with one attached hydrogen (secondary N) is 1. The first-order valence-corrected chi connectivity index (χ1v) is 13.9. The van der Waals surface area contributed by atoms with Gasteiger partial charge in [-0.25, -0.2) is 13.2 Å². The average Bonchev–Trinajstić information content (AvgIpc) is 2.89. The molecule has 1 aromatic carbocycles. The van der Waals surface area contributed by atoms with Crippen LogP contribution in [0.1, 0.15) is 31.7 Å². The molecule has 2 heterocycles. The summed E-state index contributed by atoms with van der Waals surface area (Å²) >= 11 is 0. The molecular formula is C24H37F3N4O6S. The minimum Gasteiger partial charge on any atom is -0.475 e. The summed E-state index contributed by atoms with van der Waals surface area (Å²) in [5.41, 5.74) is 1.09. The Morgan fingerprint density at radius 3 is 2.13 bits per heavy atom. The third-order valence-corrected chi connectivity index (χ3v) is 8.05. The van der Waals surface area contributed by atoms with E-state index >= 15 is 0 Å². The van der Waals surface area contributed by atoms with E-state index in [1.54, 1.807) is 17.0 Å². The Kier molecular flexibility index (Phi) is 12.4. The van der Waals surface area contributed by atoms with Gasteiger partial charge in [0.2, 0.25) is 15.9 Å². The van der Waals surface area contributed by atoms with E-state index in [2.05, 4.69) is 24.1 Å². The first kappa shape index (κ1) is 32.0. The van der Waals surface area contributed by atoms with E-state index in [1.165, 1.54) is 4.31 Å². The number of ether oxygens (including phenoxy) is 1. The number of sulfonamides is 1. The fraction of sp³-hybridized carbons (Fsp3) is 0.667. The normalized spacial score (nSPS) is 17.3. The molecule has 0 atom stereocenters.